The number of ether oxygens (including phenoxy) is 2. The number of carbonyl (C=O) groups excluding carboxylic acids is 3. The zero-order chi connectivity index (χ0) is 23.3. The highest BCUT2D eigenvalue weighted by atomic mass is 16.7. The fourth-order valence-electron chi connectivity index (χ4n) is 3.85. The maximum Gasteiger partial charge on any atom is 0.317 e. The number of nitrogens with one attached hydrogen (secondary N) is 3. The Morgan fingerprint density at radius 3 is 2.47 bits per heavy atom. The molecule has 2 aliphatic heterocycles. The number of rotatable bonds is 6. The van der Waals surface area contributed by atoms with E-state index in [4.69, 9.17) is 9.47 Å². The van der Waals surface area contributed by atoms with Crippen molar-refractivity contribution < 1.29 is 23.9 Å². The number of carbonyl (C=O) groups is 3. The van der Waals surface area contributed by atoms with Crippen LogP contribution >= 0.6 is 0 Å². The lowest BCUT2D eigenvalue weighted by atomic mass is 9.88. The van der Waals surface area contributed by atoms with Gasteiger partial charge in [-0.1, -0.05) is 6.92 Å². The summed E-state index contributed by atoms with van der Waals surface area (Å²) in [4.78, 5) is 40.1. The van der Waals surface area contributed by atoms with Crippen molar-refractivity contribution >= 4 is 17.8 Å². The SMILES string of the molecule is CCCNC(=O)C(NC(=O)c1ccc2c(c1)OCO2)C1CCN(C(=O)NC(C)(C)C)CC1. The van der Waals surface area contributed by atoms with Crippen LogP contribution < -0.4 is 25.4 Å². The summed E-state index contributed by atoms with van der Waals surface area (Å²) in [5.74, 6) is 0.511. The van der Waals surface area contributed by atoms with Crippen molar-refractivity contribution in [1.29, 1.82) is 0 Å². The molecule has 3 rings (SSSR count). The first-order valence-corrected chi connectivity index (χ1v) is 11.2. The second-order valence-electron chi connectivity index (χ2n) is 9.31. The van der Waals surface area contributed by atoms with Crippen molar-refractivity contribution in [1.82, 2.24) is 20.9 Å². The topological polar surface area (TPSA) is 109 Å². The van der Waals surface area contributed by atoms with Gasteiger partial charge >= 0.3 is 6.03 Å². The fourth-order valence-corrected chi connectivity index (χ4v) is 3.85. The number of hydrogen-bond donors (Lipinski definition) is 3. The van der Waals surface area contributed by atoms with E-state index in [0.717, 1.165) is 6.42 Å². The van der Waals surface area contributed by atoms with Crippen molar-refractivity contribution in [3.05, 3.63) is 23.8 Å². The van der Waals surface area contributed by atoms with Crippen molar-refractivity contribution in [2.75, 3.05) is 26.4 Å². The number of likely N-dealkylation sites (tertiary alicyclic amines) is 1. The quantitative estimate of drug-likeness (QED) is 0.621. The molecular formula is C23H34N4O5. The molecule has 0 bridgehead atoms. The standard InChI is InChI=1S/C23H34N4O5/c1-5-10-24-21(29)19(15-8-11-27(12-9-15)22(30)26-23(2,3)4)25-20(28)16-6-7-17-18(13-16)32-14-31-17/h6-7,13,15,19H,5,8-12,14H2,1-4H3,(H,24,29)(H,25,28)(H,26,30). The van der Waals surface area contributed by atoms with Crippen LogP contribution in [0.2, 0.25) is 0 Å². The Morgan fingerprint density at radius 1 is 1.12 bits per heavy atom. The molecule has 0 aromatic heterocycles. The Hall–Kier alpha value is -2.97. The molecular weight excluding hydrogens is 412 g/mol. The van der Waals surface area contributed by atoms with Crippen LogP contribution in [0.3, 0.4) is 0 Å². The maximum atomic E-state index is 12.9. The van der Waals surface area contributed by atoms with Gasteiger partial charge in [-0.15, -0.1) is 0 Å². The van der Waals surface area contributed by atoms with Gasteiger partial charge in [-0.25, -0.2) is 4.79 Å². The molecule has 0 radical (unpaired) electrons. The molecule has 2 aliphatic rings. The lowest BCUT2D eigenvalue weighted by molar-refractivity contribution is -0.124. The highest BCUT2D eigenvalue weighted by Crippen LogP contribution is 2.32. The highest BCUT2D eigenvalue weighted by molar-refractivity contribution is 5.98. The van der Waals surface area contributed by atoms with E-state index in [9.17, 15) is 14.4 Å². The normalized spacial score (nSPS) is 16.9. The van der Waals surface area contributed by atoms with E-state index in [1.807, 2.05) is 27.7 Å². The zero-order valence-corrected chi connectivity index (χ0v) is 19.3. The minimum atomic E-state index is -0.674. The number of fused-ring (bicyclic) bond motifs is 1. The Balaban J connectivity index is 1.66. The summed E-state index contributed by atoms with van der Waals surface area (Å²) < 4.78 is 10.7. The summed E-state index contributed by atoms with van der Waals surface area (Å²) in [7, 11) is 0. The van der Waals surface area contributed by atoms with Crippen molar-refractivity contribution in [3.8, 4) is 11.5 Å². The molecule has 9 nitrogen and oxygen atoms in total. The van der Waals surface area contributed by atoms with Crippen LogP contribution in [0.25, 0.3) is 0 Å². The zero-order valence-electron chi connectivity index (χ0n) is 19.3. The second-order valence-corrected chi connectivity index (χ2v) is 9.31. The van der Waals surface area contributed by atoms with Crippen LogP contribution in [0.4, 0.5) is 4.79 Å². The molecule has 1 aromatic carbocycles. The molecule has 176 valence electrons. The van der Waals surface area contributed by atoms with Crippen molar-refractivity contribution in [2.45, 2.75) is 58.5 Å². The first kappa shape index (κ1) is 23.7. The average molecular weight is 447 g/mol. The number of urea groups is 1. The van der Waals surface area contributed by atoms with Crippen LogP contribution in [-0.4, -0.2) is 60.8 Å². The minimum Gasteiger partial charge on any atom is -0.454 e. The summed E-state index contributed by atoms with van der Waals surface area (Å²) in [5.41, 5.74) is 0.0966. The molecule has 32 heavy (non-hydrogen) atoms. The summed E-state index contributed by atoms with van der Waals surface area (Å²) in [6.07, 6.45) is 2.06. The Labute approximate surface area is 189 Å². The smallest absolute Gasteiger partial charge is 0.317 e. The largest absolute Gasteiger partial charge is 0.454 e. The molecule has 4 amide bonds. The van der Waals surface area contributed by atoms with Gasteiger partial charge in [-0.05, 0) is 64.2 Å². The van der Waals surface area contributed by atoms with Gasteiger partial charge in [0.15, 0.2) is 11.5 Å². The van der Waals surface area contributed by atoms with Gasteiger partial charge < -0.3 is 30.3 Å². The van der Waals surface area contributed by atoms with E-state index < -0.39 is 6.04 Å². The Kier molecular flexibility index (Phi) is 7.48. The molecule has 3 N–H and O–H groups in total. The number of benzene rings is 1. The molecule has 0 saturated carbocycles. The van der Waals surface area contributed by atoms with E-state index in [1.165, 1.54) is 0 Å². The third-order valence-corrected chi connectivity index (χ3v) is 5.53. The molecule has 1 fully saturated rings. The monoisotopic (exact) mass is 446 g/mol. The molecule has 9 heteroatoms. The first-order valence-electron chi connectivity index (χ1n) is 11.2. The van der Waals surface area contributed by atoms with Gasteiger partial charge in [-0.2, -0.15) is 0 Å². The molecule has 1 saturated heterocycles. The summed E-state index contributed by atoms with van der Waals surface area (Å²) in [6.45, 7) is 9.54. The number of piperidine rings is 1. The van der Waals surface area contributed by atoms with E-state index in [2.05, 4.69) is 16.0 Å². The van der Waals surface area contributed by atoms with Gasteiger partial charge in [0.05, 0.1) is 0 Å². The Bertz CT molecular complexity index is 843. The van der Waals surface area contributed by atoms with Gasteiger partial charge in [0, 0.05) is 30.7 Å². The average Bonchev–Trinajstić information content (AvgIpc) is 3.22. The van der Waals surface area contributed by atoms with Crippen LogP contribution in [0.15, 0.2) is 18.2 Å². The maximum absolute atomic E-state index is 12.9. The number of nitrogens with zero attached hydrogens (tertiary/aromatic N) is 1. The van der Waals surface area contributed by atoms with Crippen LogP contribution in [0.5, 0.6) is 11.5 Å². The number of hydrogen-bond acceptors (Lipinski definition) is 5. The van der Waals surface area contributed by atoms with E-state index in [0.29, 0.717) is 49.5 Å². The summed E-state index contributed by atoms with van der Waals surface area (Å²) >= 11 is 0. The van der Waals surface area contributed by atoms with Gasteiger partial charge in [0.2, 0.25) is 12.7 Å². The third kappa shape index (κ3) is 6.05. The first-order chi connectivity index (χ1) is 15.2. The molecule has 0 spiro atoms. The van der Waals surface area contributed by atoms with Gasteiger partial charge in [0.1, 0.15) is 6.04 Å². The fraction of sp³-hybridized carbons (Fsp3) is 0.609. The van der Waals surface area contributed by atoms with Gasteiger partial charge in [-0.3, -0.25) is 9.59 Å². The van der Waals surface area contributed by atoms with E-state index in [1.54, 1.807) is 23.1 Å². The van der Waals surface area contributed by atoms with E-state index >= 15 is 0 Å². The second kappa shape index (κ2) is 10.1. The molecule has 1 aromatic rings. The highest BCUT2D eigenvalue weighted by Gasteiger charge is 2.34. The molecule has 1 unspecified atom stereocenters. The lowest BCUT2D eigenvalue weighted by Crippen LogP contribution is -2.55. The van der Waals surface area contributed by atoms with Crippen LogP contribution in [0.1, 0.15) is 57.3 Å². The summed E-state index contributed by atoms with van der Waals surface area (Å²) in [6, 6.07) is 4.19. The number of amides is 4. The van der Waals surface area contributed by atoms with Crippen molar-refractivity contribution in [2.24, 2.45) is 5.92 Å². The predicted molar refractivity (Wildman–Crippen MR) is 120 cm³/mol. The minimum absolute atomic E-state index is 0.0662. The van der Waals surface area contributed by atoms with Crippen LogP contribution in [-0.2, 0) is 4.79 Å². The van der Waals surface area contributed by atoms with Crippen molar-refractivity contribution in [3.63, 3.8) is 0 Å². The third-order valence-electron chi connectivity index (χ3n) is 5.53. The molecule has 0 aliphatic carbocycles. The Morgan fingerprint density at radius 2 is 1.81 bits per heavy atom. The van der Waals surface area contributed by atoms with E-state index in [-0.39, 0.29) is 36.1 Å². The summed E-state index contributed by atoms with van der Waals surface area (Å²) in [5, 5.41) is 8.79. The molecule has 1 atom stereocenters. The van der Waals surface area contributed by atoms with Crippen LogP contribution in [0, 0.1) is 5.92 Å². The lowest BCUT2D eigenvalue weighted by Gasteiger charge is -2.37. The predicted octanol–water partition coefficient (Wildman–Crippen LogP) is 2.26. The van der Waals surface area contributed by atoms with Gasteiger partial charge in [0.25, 0.3) is 5.91 Å². The molecule has 2 heterocycles.